The minimum atomic E-state index is -1.20. The average molecular weight is 276 g/mol. The number of amides is 3. The predicted octanol–water partition coefficient (Wildman–Crippen LogP) is -0.179. The van der Waals surface area contributed by atoms with Crippen LogP contribution in [0.2, 0.25) is 0 Å². The molecule has 0 saturated heterocycles. The van der Waals surface area contributed by atoms with Crippen molar-refractivity contribution in [1.29, 1.82) is 0 Å². The van der Waals surface area contributed by atoms with E-state index in [9.17, 15) is 24.3 Å². The van der Waals surface area contributed by atoms with Gasteiger partial charge in [-0.3, -0.25) is 19.3 Å². The molecule has 1 heterocycles. The summed E-state index contributed by atoms with van der Waals surface area (Å²) in [5, 5.41) is 9.66. The van der Waals surface area contributed by atoms with Crippen LogP contribution in [0.1, 0.15) is 33.6 Å². The molecule has 0 aliphatic carbocycles. The summed E-state index contributed by atoms with van der Waals surface area (Å²) in [6.45, 7) is 0. The number of imide groups is 1. The van der Waals surface area contributed by atoms with Crippen molar-refractivity contribution in [2.45, 2.75) is 18.9 Å². The maximum absolute atomic E-state index is 12.2. The predicted molar refractivity (Wildman–Crippen MR) is 66.9 cm³/mol. The fraction of sp³-hybridized carbons (Fsp3) is 0.231. The van der Waals surface area contributed by atoms with Gasteiger partial charge in [0.1, 0.15) is 18.1 Å². The third-order valence-corrected chi connectivity index (χ3v) is 3.12. The molecule has 3 amide bonds. The standard InChI is InChI=1S/C13H12N2O5/c14-11(18)8(4-2-6-16)15-12(19)7-3-1-5-9(17)10(7)13(15)20/h1,3,5-6,8,17H,2,4H2,(H2,14,18). The topological polar surface area (TPSA) is 118 Å². The van der Waals surface area contributed by atoms with E-state index in [4.69, 9.17) is 5.73 Å². The average Bonchev–Trinajstić information content (AvgIpc) is 2.65. The molecule has 2 rings (SSSR count). The molecule has 1 aliphatic heterocycles. The Kier molecular flexibility index (Phi) is 3.51. The van der Waals surface area contributed by atoms with Crippen LogP contribution in [0.4, 0.5) is 0 Å². The summed E-state index contributed by atoms with van der Waals surface area (Å²) in [4.78, 5) is 46.9. The molecule has 1 aliphatic rings. The Bertz CT molecular complexity index is 611. The van der Waals surface area contributed by atoms with E-state index in [0.29, 0.717) is 11.2 Å². The van der Waals surface area contributed by atoms with E-state index < -0.39 is 23.8 Å². The molecule has 7 nitrogen and oxygen atoms in total. The van der Waals surface area contributed by atoms with Crippen molar-refractivity contribution in [2.24, 2.45) is 5.73 Å². The van der Waals surface area contributed by atoms with E-state index in [0.717, 1.165) is 0 Å². The molecule has 3 N–H and O–H groups in total. The van der Waals surface area contributed by atoms with E-state index >= 15 is 0 Å². The number of primary amides is 1. The van der Waals surface area contributed by atoms with Crippen LogP contribution in [0.5, 0.6) is 5.75 Å². The summed E-state index contributed by atoms with van der Waals surface area (Å²) >= 11 is 0. The molecule has 104 valence electrons. The number of phenolic OH excluding ortho intramolecular Hbond substituents is 1. The fourth-order valence-corrected chi connectivity index (χ4v) is 2.19. The van der Waals surface area contributed by atoms with Gasteiger partial charge in [0.15, 0.2) is 0 Å². The Labute approximate surface area is 114 Å². The Hall–Kier alpha value is -2.70. The number of fused-ring (bicyclic) bond motifs is 1. The van der Waals surface area contributed by atoms with Crippen LogP contribution >= 0.6 is 0 Å². The zero-order chi connectivity index (χ0) is 14.9. The van der Waals surface area contributed by atoms with Crippen LogP contribution in [0.3, 0.4) is 0 Å². The molecule has 0 fully saturated rings. The molecule has 1 aromatic rings. The van der Waals surface area contributed by atoms with Crippen LogP contribution in [0.15, 0.2) is 18.2 Å². The Morgan fingerprint density at radius 1 is 1.35 bits per heavy atom. The van der Waals surface area contributed by atoms with Crippen molar-refractivity contribution >= 4 is 24.0 Å². The van der Waals surface area contributed by atoms with Crippen molar-refractivity contribution in [1.82, 2.24) is 4.90 Å². The van der Waals surface area contributed by atoms with E-state index in [1.54, 1.807) is 0 Å². The molecule has 20 heavy (non-hydrogen) atoms. The number of carbonyl (C=O) groups is 4. The van der Waals surface area contributed by atoms with Gasteiger partial charge in [-0.15, -0.1) is 0 Å². The van der Waals surface area contributed by atoms with Gasteiger partial charge in [-0.05, 0) is 18.6 Å². The van der Waals surface area contributed by atoms with Crippen LogP contribution in [-0.4, -0.2) is 40.1 Å². The largest absolute Gasteiger partial charge is 0.507 e. The van der Waals surface area contributed by atoms with Gasteiger partial charge in [0, 0.05) is 6.42 Å². The molecule has 0 aromatic heterocycles. The highest BCUT2D eigenvalue weighted by Gasteiger charge is 2.43. The smallest absolute Gasteiger partial charge is 0.266 e. The maximum atomic E-state index is 12.2. The first-order valence-electron chi connectivity index (χ1n) is 5.91. The lowest BCUT2D eigenvalue weighted by atomic mass is 10.1. The van der Waals surface area contributed by atoms with E-state index in [1.807, 2.05) is 0 Å². The zero-order valence-corrected chi connectivity index (χ0v) is 10.4. The molecule has 0 spiro atoms. The summed E-state index contributed by atoms with van der Waals surface area (Å²) in [5.41, 5.74) is 5.07. The van der Waals surface area contributed by atoms with Gasteiger partial charge in [-0.2, -0.15) is 0 Å². The second kappa shape index (κ2) is 5.12. The first-order valence-corrected chi connectivity index (χ1v) is 5.91. The zero-order valence-electron chi connectivity index (χ0n) is 10.4. The highest BCUT2D eigenvalue weighted by atomic mass is 16.3. The van der Waals surface area contributed by atoms with Crippen molar-refractivity contribution in [3.8, 4) is 5.75 Å². The van der Waals surface area contributed by atoms with Crippen LogP contribution in [0, 0.1) is 0 Å². The first kappa shape index (κ1) is 13.7. The normalized spacial score (nSPS) is 15.1. The Morgan fingerprint density at radius 3 is 2.60 bits per heavy atom. The second-order valence-corrected chi connectivity index (χ2v) is 4.34. The maximum Gasteiger partial charge on any atom is 0.266 e. The van der Waals surface area contributed by atoms with Crippen molar-refractivity contribution in [2.75, 3.05) is 0 Å². The minimum Gasteiger partial charge on any atom is -0.507 e. The van der Waals surface area contributed by atoms with Gasteiger partial charge in [0.2, 0.25) is 5.91 Å². The Balaban J connectivity index is 2.42. The summed E-state index contributed by atoms with van der Waals surface area (Å²) in [7, 11) is 0. The summed E-state index contributed by atoms with van der Waals surface area (Å²) in [6, 6.07) is 2.88. The SMILES string of the molecule is NC(=O)C(CCC=O)N1C(=O)c2cccc(O)c2C1=O. The number of carbonyl (C=O) groups excluding carboxylic acids is 4. The number of nitrogens with zero attached hydrogens (tertiary/aromatic N) is 1. The quantitative estimate of drug-likeness (QED) is 0.571. The number of rotatable bonds is 5. The minimum absolute atomic E-state index is 0.00695. The molecule has 1 atom stereocenters. The third kappa shape index (κ3) is 2.03. The molecular formula is C13H12N2O5. The number of hydrogen-bond acceptors (Lipinski definition) is 5. The molecular weight excluding hydrogens is 264 g/mol. The highest BCUT2D eigenvalue weighted by molar-refractivity contribution is 6.23. The van der Waals surface area contributed by atoms with Crippen molar-refractivity contribution < 1.29 is 24.3 Å². The van der Waals surface area contributed by atoms with Crippen molar-refractivity contribution in [3.05, 3.63) is 29.3 Å². The molecule has 0 bridgehead atoms. The van der Waals surface area contributed by atoms with Crippen molar-refractivity contribution in [3.63, 3.8) is 0 Å². The summed E-state index contributed by atoms with van der Waals surface area (Å²) in [6.07, 6.45) is 0.531. The van der Waals surface area contributed by atoms with Crippen LogP contribution < -0.4 is 5.73 Å². The van der Waals surface area contributed by atoms with Gasteiger partial charge in [-0.25, -0.2) is 0 Å². The first-order chi connectivity index (χ1) is 9.49. The van der Waals surface area contributed by atoms with E-state index in [1.165, 1.54) is 18.2 Å². The summed E-state index contributed by atoms with van der Waals surface area (Å²) < 4.78 is 0. The number of aromatic hydroxyl groups is 1. The number of benzene rings is 1. The number of aldehydes is 1. The lowest BCUT2D eigenvalue weighted by Gasteiger charge is -2.22. The third-order valence-electron chi connectivity index (χ3n) is 3.12. The lowest BCUT2D eigenvalue weighted by Crippen LogP contribution is -2.47. The van der Waals surface area contributed by atoms with E-state index in [-0.39, 0.29) is 29.7 Å². The molecule has 1 aromatic carbocycles. The monoisotopic (exact) mass is 276 g/mol. The van der Waals surface area contributed by atoms with Gasteiger partial charge in [-0.1, -0.05) is 6.07 Å². The fourth-order valence-electron chi connectivity index (χ4n) is 2.19. The highest BCUT2D eigenvalue weighted by Crippen LogP contribution is 2.31. The van der Waals surface area contributed by atoms with Gasteiger partial charge < -0.3 is 15.6 Å². The molecule has 0 saturated carbocycles. The van der Waals surface area contributed by atoms with Gasteiger partial charge in [0.05, 0.1) is 11.1 Å². The number of hydrogen-bond donors (Lipinski definition) is 2. The number of nitrogens with two attached hydrogens (primary N) is 1. The molecule has 0 radical (unpaired) electrons. The van der Waals surface area contributed by atoms with Gasteiger partial charge in [0.25, 0.3) is 11.8 Å². The second-order valence-electron chi connectivity index (χ2n) is 4.34. The lowest BCUT2D eigenvalue weighted by molar-refractivity contribution is -0.122. The Morgan fingerprint density at radius 2 is 2.05 bits per heavy atom. The van der Waals surface area contributed by atoms with Gasteiger partial charge >= 0.3 is 0 Å². The molecule has 7 heteroatoms. The number of phenols is 1. The molecule has 1 unspecified atom stereocenters. The summed E-state index contributed by atoms with van der Waals surface area (Å²) in [5.74, 6) is -2.68. The van der Waals surface area contributed by atoms with Crippen LogP contribution in [0.25, 0.3) is 0 Å². The van der Waals surface area contributed by atoms with Crippen LogP contribution in [-0.2, 0) is 9.59 Å². The van der Waals surface area contributed by atoms with E-state index in [2.05, 4.69) is 0 Å².